The van der Waals surface area contributed by atoms with E-state index in [-0.39, 0.29) is 61.3 Å². The third kappa shape index (κ3) is 5.97. The number of methoxy groups -OCH3 is 1. The van der Waals surface area contributed by atoms with Gasteiger partial charge < -0.3 is 19.3 Å². The summed E-state index contributed by atoms with van der Waals surface area (Å²) in [6.07, 6.45) is 9.61. The summed E-state index contributed by atoms with van der Waals surface area (Å²) in [6, 6.07) is 10.9. The van der Waals surface area contributed by atoms with Crippen LogP contribution in [0.5, 0.6) is 11.9 Å². The Balaban J connectivity index is 1.20. The van der Waals surface area contributed by atoms with Crippen molar-refractivity contribution in [3.8, 4) is 35.5 Å². The van der Waals surface area contributed by atoms with Crippen molar-refractivity contribution in [1.29, 1.82) is 0 Å². The van der Waals surface area contributed by atoms with Gasteiger partial charge in [0.2, 0.25) is 5.88 Å². The van der Waals surface area contributed by atoms with Gasteiger partial charge in [-0.25, -0.2) is 23.1 Å². The zero-order valence-corrected chi connectivity index (χ0v) is 29.1. The zero-order valence-electron chi connectivity index (χ0n) is 28.3. The fourth-order valence-electron chi connectivity index (χ4n) is 7.78. The maximum absolute atomic E-state index is 17.1. The van der Waals surface area contributed by atoms with Crippen molar-refractivity contribution in [3.05, 3.63) is 70.2 Å². The van der Waals surface area contributed by atoms with Crippen LogP contribution >= 0.6 is 11.3 Å². The number of hydrogen-bond acceptors (Lipinski definition) is 10. The SMILES string of the molecule is C#Cc1cccc2cccc(-c3nc(OC)c4c(N5CCN(C(=O)/C(F)=C/c6nccs6)CC5)nc(OC[C@@]56CCCN5C[C@H](F)C6)nc4c3F)c12. The van der Waals surface area contributed by atoms with Gasteiger partial charge in [-0.3, -0.25) is 9.69 Å². The fraction of sp³-hybridized carbons (Fsp3) is 0.342. The number of thiazole rings is 1. The first-order valence-electron chi connectivity index (χ1n) is 17.1. The summed E-state index contributed by atoms with van der Waals surface area (Å²) < 4.78 is 58.6. The number of carbonyl (C=O) groups excluding carboxylic acids is 1. The van der Waals surface area contributed by atoms with Crippen LogP contribution in [-0.4, -0.2) is 100 Å². The number of pyridine rings is 1. The van der Waals surface area contributed by atoms with Gasteiger partial charge in [0.1, 0.15) is 40.2 Å². The minimum Gasteiger partial charge on any atom is -0.480 e. The average Bonchev–Trinajstić information content (AvgIpc) is 3.90. The number of fused-ring (bicyclic) bond motifs is 3. The second kappa shape index (κ2) is 13.7. The van der Waals surface area contributed by atoms with Gasteiger partial charge in [0.05, 0.1) is 12.6 Å². The molecule has 0 spiro atoms. The average molecular weight is 726 g/mol. The highest BCUT2D eigenvalue weighted by atomic mass is 32.1. The number of halogens is 3. The van der Waals surface area contributed by atoms with Crippen LogP contribution in [0.4, 0.5) is 19.0 Å². The van der Waals surface area contributed by atoms with Crippen LogP contribution in [0.3, 0.4) is 0 Å². The van der Waals surface area contributed by atoms with E-state index in [1.165, 1.54) is 29.5 Å². The number of rotatable bonds is 8. The molecule has 266 valence electrons. The summed E-state index contributed by atoms with van der Waals surface area (Å²) in [4.78, 5) is 36.4. The number of anilines is 1. The molecule has 2 atom stereocenters. The van der Waals surface area contributed by atoms with E-state index in [2.05, 4.69) is 25.8 Å². The minimum atomic E-state index is -0.957. The van der Waals surface area contributed by atoms with Gasteiger partial charge in [0.25, 0.3) is 5.91 Å². The van der Waals surface area contributed by atoms with Crippen molar-refractivity contribution in [2.24, 2.45) is 0 Å². The molecule has 0 aliphatic carbocycles. The molecule has 5 aromatic rings. The molecular formula is C38H34F3N7O3S. The standard InChI is InChI=1S/C38H34F3N7O3S/c1-3-23-7-4-8-24-9-5-10-26(29(23)24)32-31(41)33-30(35(43-32)50-2)34(45-37(44-33)51-22-38-11-6-13-48(38)21-25(39)20-38)46-14-16-47(17-15-46)36(49)27(40)19-28-42-12-18-52-28/h1,4-5,7-10,12,18-19,25H,6,11,13-17,20-22H2,2H3/b27-19-/t25-,38+/m1/s1. The lowest BCUT2D eigenvalue weighted by Crippen LogP contribution is -2.49. The van der Waals surface area contributed by atoms with Crippen LogP contribution in [0, 0.1) is 18.2 Å². The van der Waals surface area contributed by atoms with Crippen LogP contribution < -0.4 is 14.4 Å². The number of amides is 1. The van der Waals surface area contributed by atoms with Crippen molar-refractivity contribution >= 4 is 50.8 Å². The van der Waals surface area contributed by atoms with Crippen molar-refractivity contribution in [3.63, 3.8) is 0 Å². The predicted molar refractivity (Wildman–Crippen MR) is 193 cm³/mol. The van der Waals surface area contributed by atoms with Crippen molar-refractivity contribution in [1.82, 2.24) is 29.7 Å². The quantitative estimate of drug-likeness (QED) is 0.140. The Morgan fingerprint density at radius 1 is 1.12 bits per heavy atom. The van der Waals surface area contributed by atoms with Crippen LogP contribution in [-0.2, 0) is 4.79 Å². The second-order valence-electron chi connectivity index (χ2n) is 13.2. The Bertz CT molecular complexity index is 2250. The summed E-state index contributed by atoms with van der Waals surface area (Å²) in [5.41, 5.74) is 0.459. The molecule has 3 saturated heterocycles. The number of benzene rings is 2. The normalized spacial score (nSPS) is 20.8. The number of aromatic nitrogens is 4. The molecule has 0 N–H and O–H groups in total. The van der Waals surface area contributed by atoms with Crippen molar-refractivity contribution < 1.29 is 27.4 Å². The fourth-order valence-corrected chi connectivity index (χ4v) is 8.33. The summed E-state index contributed by atoms with van der Waals surface area (Å²) in [6.45, 7) is 2.07. The Labute approximate surface area is 301 Å². The summed E-state index contributed by atoms with van der Waals surface area (Å²) >= 11 is 1.23. The molecule has 14 heteroatoms. The number of alkyl halides is 1. The van der Waals surface area contributed by atoms with Crippen LogP contribution in [0.2, 0.25) is 0 Å². The maximum Gasteiger partial charge on any atom is 0.319 e. The van der Waals surface area contributed by atoms with E-state index in [0.29, 0.717) is 40.3 Å². The smallest absolute Gasteiger partial charge is 0.319 e. The van der Waals surface area contributed by atoms with Crippen molar-refractivity contribution in [2.75, 3.05) is 57.9 Å². The summed E-state index contributed by atoms with van der Waals surface area (Å²) in [7, 11) is 1.43. The van der Waals surface area contributed by atoms with Crippen LogP contribution in [0.15, 0.2) is 53.8 Å². The number of hydrogen-bond donors (Lipinski definition) is 0. The van der Waals surface area contributed by atoms with Gasteiger partial charge in [-0.2, -0.15) is 9.97 Å². The van der Waals surface area contributed by atoms with E-state index in [1.54, 1.807) is 23.6 Å². The lowest BCUT2D eigenvalue weighted by Gasteiger charge is -2.36. The number of piperazine rings is 1. The first-order chi connectivity index (χ1) is 25.3. The Morgan fingerprint density at radius 3 is 2.67 bits per heavy atom. The molecular weight excluding hydrogens is 692 g/mol. The third-order valence-corrected chi connectivity index (χ3v) is 10.9. The van der Waals surface area contributed by atoms with Crippen molar-refractivity contribution in [2.45, 2.75) is 31.0 Å². The highest BCUT2D eigenvalue weighted by Crippen LogP contribution is 2.42. The zero-order chi connectivity index (χ0) is 36.0. The molecule has 3 aromatic heterocycles. The number of nitrogens with zero attached hydrogens (tertiary/aromatic N) is 7. The van der Waals surface area contributed by atoms with Crippen LogP contribution in [0.25, 0.3) is 39.0 Å². The number of ether oxygens (including phenoxy) is 2. The van der Waals surface area contributed by atoms with Gasteiger partial charge in [-0.1, -0.05) is 36.3 Å². The van der Waals surface area contributed by atoms with Gasteiger partial charge in [0.15, 0.2) is 11.6 Å². The highest BCUT2D eigenvalue weighted by molar-refractivity contribution is 7.10. The second-order valence-corrected chi connectivity index (χ2v) is 14.1. The maximum atomic E-state index is 17.1. The lowest BCUT2D eigenvalue weighted by atomic mass is 9.95. The minimum absolute atomic E-state index is 0.0113. The third-order valence-electron chi connectivity index (χ3n) is 10.2. The van der Waals surface area contributed by atoms with E-state index in [1.807, 2.05) is 23.1 Å². The molecule has 52 heavy (non-hydrogen) atoms. The van der Waals surface area contributed by atoms with Gasteiger partial charge in [0, 0.05) is 73.3 Å². The van der Waals surface area contributed by atoms with Gasteiger partial charge in [-0.15, -0.1) is 17.8 Å². The molecule has 3 aliphatic heterocycles. The molecule has 0 bridgehead atoms. The lowest BCUT2D eigenvalue weighted by molar-refractivity contribution is -0.128. The molecule has 3 fully saturated rings. The van der Waals surface area contributed by atoms with E-state index in [4.69, 9.17) is 20.9 Å². The van der Waals surface area contributed by atoms with Gasteiger partial charge in [-0.05, 0) is 30.8 Å². The Hall–Kier alpha value is -5.26. The molecule has 0 saturated carbocycles. The number of terminal acetylenes is 1. The summed E-state index contributed by atoms with van der Waals surface area (Å²) in [5.74, 6) is 0.692. The molecule has 6 heterocycles. The largest absolute Gasteiger partial charge is 0.480 e. The van der Waals surface area contributed by atoms with Crippen LogP contribution in [0.1, 0.15) is 29.8 Å². The topological polar surface area (TPSA) is 96.8 Å². The molecule has 3 aliphatic rings. The molecule has 8 rings (SSSR count). The van der Waals surface area contributed by atoms with E-state index in [9.17, 15) is 13.6 Å². The molecule has 2 aromatic carbocycles. The van der Waals surface area contributed by atoms with E-state index < -0.39 is 29.3 Å². The first-order valence-corrected chi connectivity index (χ1v) is 17.9. The predicted octanol–water partition coefficient (Wildman–Crippen LogP) is 6.04. The molecule has 1 amide bonds. The highest BCUT2D eigenvalue weighted by Gasteiger charge is 2.49. The Morgan fingerprint density at radius 2 is 1.92 bits per heavy atom. The van der Waals surface area contributed by atoms with E-state index >= 15 is 4.39 Å². The Kier molecular flexibility index (Phi) is 8.92. The monoisotopic (exact) mass is 725 g/mol. The molecule has 0 radical (unpaired) electrons. The number of carbonyl (C=O) groups is 1. The van der Waals surface area contributed by atoms with E-state index in [0.717, 1.165) is 30.8 Å². The van der Waals surface area contributed by atoms with Gasteiger partial charge >= 0.3 is 6.01 Å². The molecule has 10 nitrogen and oxygen atoms in total. The molecule has 0 unspecified atom stereocenters. The first kappa shape index (κ1) is 33.9. The summed E-state index contributed by atoms with van der Waals surface area (Å²) in [5, 5.41) is 3.78.